The van der Waals surface area contributed by atoms with Crippen molar-refractivity contribution in [1.82, 2.24) is 4.98 Å². The average Bonchev–Trinajstić information content (AvgIpc) is 2.25. The highest BCUT2D eigenvalue weighted by molar-refractivity contribution is 14.1. The van der Waals surface area contributed by atoms with Gasteiger partial charge in [0.2, 0.25) is 0 Å². The topological polar surface area (TPSA) is 53.4 Å². The van der Waals surface area contributed by atoms with Gasteiger partial charge >= 0.3 is 0 Å². The monoisotopic (exact) mass is 427 g/mol. The largest absolute Gasteiger partial charge is 0.505 e. The number of benzene rings is 1. The number of hydrogen-bond acceptors (Lipinski definition) is 3. The van der Waals surface area contributed by atoms with Crippen LogP contribution in [-0.2, 0) is 6.61 Å². The zero-order chi connectivity index (χ0) is 11.0. The van der Waals surface area contributed by atoms with Crippen LogP contribution in [0.15, 0.2) is 18.2 Å². The van der Waals surface area contributed by atoms with Crippen LogP contribution in [0, 0.1) is 7.14 Å². The van der Waals surface area contributed by atoms with Crippen molar-refractivity contribution in [2.24, 2.45) is 0 Å². The molecule has 0 radical (unpaired) electrons. The quantitative estimate of drug-likeness (QED) is 0.689. The molecule has 0 amide bonds. The summed E-state index contributed by atoms with van der Waals surface area (Å²) >= 11 is 4.27. The molecular weight excluding hydrogens is 420 g/mol. The minimum atomic E-state index is -0.114. The molecule has 0 aliphatic rings. The Morgan fingerprint density at radius 2 is 1.93 bits per heavy atom. The van der Waals surface area contributed by atoms with Crippen LogP contribution in [0.5, 0.6) is 5.75 Å². The number of phenolic OH excluding ortho intramolecular Hbond substituents is 1. The Hall–Kier alpha value is -0.150. The van der Waals surface area contributed by atoms with Gasteiger partial charge in [-0.15, -0.1) is 0 Å². The van der Waals surface area contributed by atoms with Gasteiger partial charge in [0, 0.05) is 8.96 Å². The summed E-state index contributed by atoms with van der Waals surface area (Å²) < 4.78 is 1.81. The number of nitrogens with zero attached hydrogens (tertiary/aromatic N) is 1. The molecule has 1 heterocycles. The molecule has 0 aliphatic carbocycles. The van der Waals surface area contributed by atoms with E-state index in [1.807, 2.05) is 12.1 Å². The van der Waals surface area contributed by atoms with Crippen molar-refractivity contribution in [3.8, 4) is 5.75 Å². The number of aliphatic hydroxyl groups excluding tert-OH is 1. The third-order valence-electron chi connectivity index (χ3n) is 2.08. The molecule has 5 heteroatoms. The molecule has 1 aromatic heterocycles. The first-order chi connectivity index (χ1) is 7.13. The van der Waals surface area contributed by atoms with E-state index in [-0.39, 0.29) is 12.4 Å². The fraction of sp³-hybridized carbons (Fsp3) is 0.100. The van der Waals surface area contributed by atoms with E-state index < -0.39 is 0 Å². The Morgan fingerprint density at radius 1 is 1.20 bits per heavy atom. The number of halogens is 2. The second kappa shape index (κ2) is 4.38. The molecule has 2 rings (SSSR count). The number of aromatic nitrogens is 1. The molecule has 1 aromatic carbocycles. The maximum atomic E-state index is 9.85. The molecule has 0 fully saturated rings. The Labute approximate surface area is 114 Å². The van der Waals surface area contributed by atoms with Gasteiger partial charge in [-0.05, 0) is 63.4 Å². The molecule has 2 aromatic rings. The standard InChI is InChI=1S/C10H7I2NO2/c11-7-3-8(12)10(15)9-6(7)2-1-5(4-14)13-9/h1-3,14-15H,4H2. The highest BCUT2D eigenvalue weighted by atomic mass is 127. The van der Waals surface area contributed by atoms with Crippen molar-refractivity contribution in [3.63, 3.8) is 0 Å². The lowest BCUT2D eigenvalue weighted by Crippen LogP contribution is -1.92. The summed E-state index contributed by atoms with van der Waals surface area (Å²) in [5.74, 6) is 0.182. The highest BCUT2D eigenvalue weighted by Gasteiger charge is 2.10. The molecule has 2 N–H and O–H groups in total. The third-order valence-corrected chi connectivity index (χ3v) is 3.79. The van der Waals surface area contributed by atoms with Gasteiger partial charge in [-0.2, -0.15) is 0 Å². The number of pyridine rings is 1. The van der Waals surface area contributed by atoms with Gasteiger partial charge in [0.25, 0.3) is 0 Å². The second-order valence-electron chi connectivity index (χ2n) is 3.05. The van der Waals surface area contributed by atoms with Crippen LogP contribution in [0.4, 0.5) is 0 Å². The fourth-order valence-electron chi connectivity index (χ4n) is 1.33. The number of fused-ring (bicyclic) bond motifs is 1. The fourth-order valence-corrected chi connectivity index (χ4v) is 3.24. The summed E-state index contributed by atoms with van der Waals surface area (Å²) in [5, 5.41) is 19.7. The van der Waals surface area contributed by atoms with Crippen molar-refractivity contribution in [3.05, 3.63) is 31.0 Å². The van der Waals surface area contributed by atoms with Crippen LogP contribution in [0.1, 0.15) is 5.69 Å². The molecule has 3 nitrogen and oxygen atoms in total. The van der Waals surface area contributed by atoms with Crippen LogP contribution in [0.25, 0.3) is 10.9 Å². The minimum Gasteiger partial charge on any atom is -0.505 e. The lowest BCUT2D eigenvalue weighted by Gasteiger charge is -2.06. The van der Waals surface area contributed by atoms with Gasteiger partial charge in [-0.25, -0.2) is 4.98 Å². The normalized spacial score (nSPS) is 10.9. The van der Waals surface area contributed by atoms with Gasteiger partial charge in [-0.1, -0.05) is 0 Å². The molecule has 78 valence electrons. The van der Waals surface area contributed by atoms with Gasteiger partial charge in [0.15, 0.2) is 5.75 Å². The molecule has 0 saturated heterocycles. The number of rotatable bonds is 1. The smallest absolute Gasteiger partial charge is 0.155 e. The first-order valence-electron chi connectivity index (χ1n) is 4.21. The Bertz CT molecular complexity index is 528. The van der Waals surface area contributed by atoms with Crippen molar-refractivity contribution in [1.29, 1.82) is 0 Å². The zero-order valence-electron chi connectivity index (χ0n) is 7.54. The first-order valence-corrected chi connectivity index (χ1v) is 6.36. The maximum Gasteiger partial charge on any atom is 0.155 e. The van der Waals surface area contributed by atoms with Crippen LogP contribution in [0.2, 0.25) is 0 Å². The summed E-state index contributed by atoms with van der Waals surface area (Å²) in [6, 6.07) is 5.53. The number of phenols is 1. The Balaban J connectivity index is 2.85. The van der Waals surface area contributed by atoms with E-state index in [4.69, 9.17) is 5.11 Å². The van der Waals surface area contributed by atoms with E-state index in [1.54, 1.807) is 6.07 Å². The molecular formula is C10H7I2NO2. The molecule has 0 saturated carbocycles. The SMILES string of the molecule is OCc1ccc2c(I)cc(I)c(O)c2n1. The van der Waals surface area contributed by atoms with E-state index in [2.05, 4.69) is 50.2 Å². The van der Waals surface area contributed by atoms with E-state index >= 15 is 0 Å². The van der Waals surface area contributed by atoms with Crippen molar-refractivity contribution in [2.45, 2.75) is 6.61 Å². The highest BCUT2D eigenvalue weighted by Crippen LogP contribution is 2.32. The molecule has 15 heavy (non-hydrogen) atoms. The van der Waals surface area contributed by atoms with Crippen LogP contribution >= 0.6 is 45.2 Å². The average molecular weight is 427 g/mol. The van der Waals surface area contributed by atoms with Crippen LogP contribution in [0.3, 0.4) is 0 Å². The zero-order valence-corrected chi connectivity index (χ0v) is 11.9. The van der Waals surface area contributed by atoms with Gasteiger partial charge in [0.05, 0.1) is 15.9 Å². The number of aromatic hydroxyl groups is 1. The summed E-state index contributed by atoms with van der Waals surface area (Å²) in [6.07, 6.45) is 0. The third kappa shape index (κ3) is 2.04. The lowest BCUT2D eigenvalue weighted by molar-refractivity contribution is 0.277. The summed E-state index contributed by atoms with van der Waals surface area (Å²) in [6.45, 7) is -0.114. The second-order valence-corrected chi connectivity index (χ2v) is 5.37. The number of hydrogen-bond donors (Lipinski definition) is 2. The molecule has 0 aliphatic heterocycles. The summed E-state index contributed by atoms with van der Waals surface area (Å²) in [4.78, 5) is 4.21. The van der Waals surface area contributed by atoms with Crippen molar-refractivity contribution < 1.29 is 10.2 Å². The number of aliphatic hydroxyl groups is 1. The summed E-state index contributed by atoms with van der Waals surface area (Å²) in [7, 11) is 0. The minimum absolute atomic E-state index is 0.114. The Morgan fingerprint density at radius 3 is 2.60 bits per heavy atom. The molecule has 0 bridgehead atoms. The van der Waals surface area contributed by atoms with E-state index in [9.17, 15) is 5.11 Å². The first kappa shape index (κ1) is 11.3. The van der Waals surface area contributed by atoms with Gasteiger partial charge < -0.3 is 10.2 Å². The lowest BCUT2D eigenvalue weighted by atomic mass is 10.2. The molecule has 0 spiro atoms. The van der Waals surface area contributed by atoms with Gasteiger partial charge in [-0.3, -0.25) is 0 Å². The predicted molar refractivity (Wildman–Crippen MR) is 74.8 cm³/mol. The molecule has 0 unspecified atom stereocenters. The summed E-state index contributed by atoms with van der Waals surface area (Å²) in [5.41, 5.74) is 1.12. The van der Waals surface area contributed by atoms with E-state index in [0.29, 0.717) is 11.2 Å². The maximum absolute atomic E-state index is 9.85. The molecule has 0 atom stereocenters. The Kier molecular flexibility index (Phi) is 3.31. The van der Waals surface area contributed by atoms with E-state index in [1.165, 1.54) is 0 Å². The van der Waals surface area contributed by atoms with Crippen molar-refractivity contribution in [2.75, 3.05) is 0 Å². The predicted octanol–water partition coefficient (Wildman–Crippen LogP) is 2.64. The van der Waals surface area contributed by atoms with Gasteiger partial charge in [0.1, 0.15) is 5.52 Å². The van der Waals surface area contributed by atoms with Crippen molar-refractivity contribution >= 4 is 56.1 Å². The van der Waals surface area contributed by atoms with Crippen LogP contribution < -0.4 is 0 Å². The van der Waals surface area contributed by atoms with Crippen LogP contribution in [-0.4, -0.2) is 15.2 Å². The van der Waals surface area contributed by atoms with E-state index in [0.717, 1.165) is 12.5 Å².